The number of carboxylic acids is 1. The third kappa shape index (κ3) is 4.84. The van der Waals surface area contributed by atoms with Gasteiger partial charge in [-0.05, 0) is 6.92 Å². The molecule has 86 valence electrons. The van der Waals surface area contributed by atoms with Crippen molar-refractivity contribution < 1.29 is 19.5 Å². The molecule has 0 aliphatic carbocycles. The molecule has 3 N–H and O–H groups in total. The topological polar surface area (TPSA) is 98.7 Å². The maximum atomic E-state index is 11.3. The Morgan fingerprint density at radius 2 is 1.93 bits per heavy atom. The van der Waals surface area contributed by atoms with E-state index < -0.39 is 18.0 Å². The molecule has 3 amide bonds. The third-order valence-corrected chi connectivity index (χ3v) is 1.72. The normalized spacial score (nSPS) is 11.4. The molecule has 0 aliphatic rings. The van der Waals surface area contributed by atoms with Crippen LogP contribution in [0.25, 0.3) is 0 Å². The number of urea groups is 1. The van der Waals surface area contributed by atoms with Crippen molar-refractivity contribution in [3.8, 4) is 0 Å². The lowest BCUT2D eigenvalue weighted by Crippen LogP contribution is -2.47. The van der Waals surface area contributed by atoms with Gasteiger partial charge in [0.25, 0.3) is 0 Å². The molecule has 7 nitrogen and oxygen atoms in total. The zero-order valence-corrected chi connectivity index (χ0v) is 8.90. The van der Waals surface area contributed by atoms with Gasteiger partial charge < -0.3 is 20.6 Å². The first kappa shape index (κ1) is 13.2. The Morgan fingerprint density at radius 3 is 2.33 bits per heavy atom. The quantitative estimate of drug-likeness (QED) is 0.553. The molecule has 0 heterocycles. The summed E-state index contributed by atoms with van der Waals surface area (Å²) in [4.78, 5) is 33.7. The van der Waals surface area contributed by atoms with Gasteiger partial charge in [-0.1, -0.05) is 0 Å². The second kappa shape index (κ2) is 5.84. The molecule has 0 bridgehead atoms. The van der Waals surface area contributed by atoms with Crippen LogP contribution in [0, 0.1) is 0 Å². The molecule has 0 saturated heterocycles. The van der Waals surface area contributed by atoms with Crippen molar-refractivity contribution in [3.63, 3.8) is 0 Å². The van der Waals surface area contributed by atoms with Crippen molar-refractivity contribution in [2.45, 2.75) is 13.0 Å². The lowest BCUT2D eigenvalue weighted by molar-refractivity contribution is -0.138. The molecule has 0 unspecified atom stereocenters. The molecular weight excluding hydrogens is 202 g/mol. The van der Waals surface area contributed by atoms with Gasteiger partial charge in [-0.3, -0.25) is 9.59 Å². The molecule has 0 fully saturated rings. The second-order valence-corrected chi connectivity index (χ2v) is 3.04. The van der Waals surface area contributed by atoms with E-state index in [1.54, 1.807) is 0 Å². The Bertz CT molecular complexity index is 267. The molecule has 0 spiro atoms. The molecule has 0 rings (SSSR count). The number of carboxylic acid groups (broad SMARTS) is 1. The van der Waals surface area contributed by atoms with E-state index in [0.717, 1.165) is 4.90 Å². The summed E-state index contributed by atoms with van der Waals surface area (Å²) in [6, 6.07) is -1.59. The smallest absolute Gasteiger partial charge is 0.325 e. The number of carbonyl (C=O) groups is 3. The van der Waals surface area contributed by atoms with Crippen LogP contribution in [-0.2, 0) is 9.59 Å². The zero-order valence-electron chi connectivity index (χ0n) is 8.90. The maximum Gasteiger partial charge on any atom is 0.325 e. The fourth-order valence-electron chi connectivity index (χ4n) is 0.723. The first-order chi connectivity index (χ1) is 6.88. The van der Waals surface area contributed by atoms with Gasteiger partial charge >= 0.3 is 12.0 Å². The molecule has 0 aromatic carbocycles. The predicted molar refractivity (Wildman–Crippen MR) is 52.3 cm³/mol. The number of carbonyl (C=O) groups excluding carboxylic acids is 2. The first-order valence-electron chi connectivity index (χ1n) is 4.33. The highest BCUT2D eigenvalue weighted by atomic mass is 16.4. The molecule has 0 aliphatic heterocycles. The standard InChI is InChI=1S/C8H15N3O4/c1-5(7(13)14)10-8(15)11(3)4-6(12)9-2/h5H,4H2,1-3H3,(H,9,12)(H,10,15)(H,13,14)/t5-/m1/s1. The zero-order chi connectivity index (χ0) is 12.0. The van der Waals surface area contributed by atoms with Crippen LogP contribution in [0.15, 0.2) is 0 Å². The Morgan fingerprint density at radius 1 is 1.40 bits per heavy atom. The summed E-state index contributed by atoms with van der Waals surface area (Å²) in [6.45, 7) is 1.22. The van der Waals surface area contributed by atoms with Crippen LogP contribution in [0.3, 0.4) is 0 Å². The number of hydrogen-bond acceptors (Lipinski definition) is 3. The van der Waals surface area contributed by atoms with E-state index >= 15 is 0 Å². The SMILES string of the molecule is CNC(=O)CN(C)C(=O)N[C@H](C)C(=O)O. The molecular formula is C8H15N3O4. The fraction of sp³-hybridized carbons (Fsp3) is 0.625. The summed E-state index contributed by atoms with van der Waals surface area (Å²) in [5.74, 6) is -1.45. The number of nitrogens with zero attached hydrogens (tertiary/aromatic N) is 1. The number of amides is 3. The van der Waals surface area contributed by atoms with Gasteiger partial charge in [-0.2, -0.15) is 0 Å². The Labute approximate surface area is 87.4 Å². The van der Waals surface area contributed by atoms with Gasteiger partial charge in [0, 0.05) is 14.1 Å². The van der Waals surface area contributed by atoms with Gasteiger partial charge in [0.05, 0.1) is 0 Å². The van der Waals surface area contributed by atoms with E-state index in [1.807, 2.05) is 0 Å². The number of likely N-dealkylation sites (N-methyl/N-ethyl adjacent to an activating group) is 2. The molecule has 0 saturated carbocycles. The summed E-state index contributed by atoms with van der Waals surface area (Å²) < 4.78 is 0. The molecule has 7 heteroatoms. The van der Waals surface area contributed by atoms with Crippen molar-refractivity contribution in [2.75, 3.05) is 20.6 Å². The summed E-state index contributed by atoms with van der Waals surface area (Å²) in [5.41, 5.74) is 0. The average molecular weight is 217 g/mol. The van der Waals surface area contributed by atoms with E-state index in [4.69, 9.17) is 5.11 Å². The van der Waals surface area contributed by atoms with Gasteiger partial charge in [0.2, 0.25) is 5.91 Å². The number of rotatable bonds is 4. The average Bonchev–Trinajstić information content (AvgIpc) is 2.16. The first-order valence-corrected chi connectivity index (χ1v) is 4.33. The van der Waals surface area contributed by atoms with E-state index in [1.165, 1.54) is 21.0 Å². The van der Waals surface area contributed by atoms with Crippen LogP contribution < -0.4 is 10.6 Å². The van der Waals surface area contributed by atoms with Gasteiger partial charge in [-0.15, -0.1) is 0 Å². The van der Waals surface area contributed by atoms with Crippen molar-refractivity contribution in [3.05, 3.63) is 0 Å². The molecule has 1 atom stereocenters. The van der Waals surface area contributed by atoms with Crippen LogP contribution in [0.5, 0.6) is 0 Å². The minimum Gasteiger partial charge on any atom is -0.480 e. The molecule has 0 radical (unpaired) electrons. The Balaban J connectivity index is 4.10. The van der Waals surface area contributed by atoms with E-state index in [2.05, 4.69) is 10.6 Å². The Hall–Kier alpha value is -1.79. The van der Waals surface area contributed by atoms with Crippen LogP contribution in [-0.4, -0.2) is 54.6 Å². The predicted octanol–water partition coefficient (Wildman–Crippen LogP) is -1.15. The Kier molecular flexibility index (Phi) is 5.14. The van der Waals surface area contributed by atoms with Crippen LogP contribution in [0.1, 0.15) is 6.92 Å². The fourth-order valence-corrected chi connectivity index (χ4v) is 0.723. The third-order valence-electron chi connectivity index (χ3n) is 1.72. The van der Waals surface area contributed by atoms with E-state index in [9.17, 15) is 14.4 Å². The summed E-state index contributed by atoms with van der Waals surface area (Å²) >= 11 is 0. The lowest BCUT2D eigenvalue weighted by Gasteiger charge is -2.18. The highest BCUT2D eigenvalue weighted by Gasteiger charge is 2.17. The number of hydrogen-bond donors (Lipinski definition) is 3. The van der Waals surface area contributed by atoms with E-state index in [0.29, 0.717) is 0 Å². The minimum absolute atomic E-state index is 0.116. The second-order valence-electron chi connectivity index (χ2n) is 3.04. The molecule has 0 aromatic rings. The summed E-state index contributed by atoms with van der Waals surface area (Å²) in [5, 5.41) is 13.1. The minimum atomic E-state index is -1.13. The van der Waals surface area contributed by atoms with Crippen LogP contribution in [0.4, 0.5) is 4.79 Å². The van der Waals surface area contributed by atoms with Crippen molar-refractivity contribution in [1.29, 1.82) is 0 Å². The van der Waals surface area contributed by atoms with Crippen molar-refractivity contribution >= 4 is 17.9 Å². The van der Waals surface area contributed by atoms with Gasteiger partial charge in [-0.25, -0.2) is 4.79 Å². The van der Waals surface area contributed by atoms with Crippen LogP contribution >= 0.6 is 0 Å². The highest BCUT2D eigenvalue weighted by Crippen LogP contribution is 1.88. The number of nitrogens with one attached hydrogen (secondary N) is 2. The molecule has 0 aromatic heterocycles. The van der Waals surface area contributed by atoms with E-state index in [-0.39, 0.29) is 12.5 Å². The lowest BCUT2D eigenvalue weighted by atomic mass is 10.3. The largest absolute Gasteiger partial charge is 0.480 e. The monoisotopic (exact) mass is 217 g/mol. The van der Waals surface area contributed by atoms with Gasteiger partial charge in [0.1, 0.15) is 12.6 Å². The summed E-state index contributed by atoms with van der Waals surface area (Å²) in [7, 11) is 2.85. The van der Waals surface area contributed by atoms with Crippen molar-refractivity contribution in [1.82, 2.24) is 15.5 Å². The number of aliphatic carboxylic acids is 1. The maximum absolute atomic E-state index is 11.3. The van der Waals surface area contributed by atoms with Crippen LogP contribution in [0.2, 0.25) is 0 Å². The highest BCUT2D eigenvalue weighted by molar-refractivity contribution is 5.86. The molecule has 15 heavy (non-hydrogen) atoms. The van der Waals surface area contributed by atoms with Crippen molar-refractivity contribution in [2.24, 2.45) is 0 Å². The van der Waals surface area contributed by atoms with Gasteiger partial charge in [0.15, 0.2) is 0 Å². The summed E-state index contributed by atoms with van der Waals surface area (Å²) in [6.07, 6.45) is 0.